The van der Waals surface area contributed by atoms with E-state index in [2.05, 4.69) is 15.6 Å². The summed E-state index contributed by atoms with van der Waals surface area (Å²) >= 11 is 0. The molecule has 1 aliphatic carbocycles. The normalized spacial score (nSPS) is 22.0. The standard InChI is InChI=1S/C17H24N6O4S/c1-17(6-7-17)20-28(26,27)11-4-5-13-12(8-11)15(24)23(16(25)22(13)3)9-14-19-18-10-21(14)2/h4-5,8,14,18-20H,6-7,9-10H2,1-3H3. The van der Waals surface area contributed by atoms with Gasteiger partial charge in [0, 0.05) is 12.6 Å². The van der Waals surface area contributed by atoms with Gasteiger partial charge >= 0.3 is 5.69 Å². The van der Waals surface area contributed by atoms with Gasteiger partial charge in [0.05, 0.1) is 35.2 Å². The smallest absolute Gasteiger partial charge is 0.296 e. The Morgan fingerprint density at radius 1 is 1.25 bits per heavy atom. The van der Waals surface area contributed by atoms with E-state index in [1.54, 1.807) is 7.05 Å². The Morgan fingerprint density at radius 3 is 2.57 bits per heavy atom. The Balaban J connectivity index is 1.82. The molecule has 28 heavy (non-hydrogen) atoms. The highest BCUT2D eigenvalue weighted by Crippen LogP contribution is 2.36. The minimum absolute atomic E-state index is 0.0215. The molecular formula is C17H24N6O4S. The van der Waals surface area contributed by atoms with Gasteiger partial charge in [0.1, 0.15) is 0 Å². The van der Waals surface area contributed by atoms with E-state index in [0.29, 0.717) is 12.2 Å². The number of rotatable bonds is 5. The van der Waals surface area contributed by atoms with Gasteiger partial charge in [-0.05, 0) is 45.0 Å². The topological polar surface area (TPSA) is 117 Å². The summed E-state index contributed by atoms with van der Waals surface area (Å²) in [7, 11) is -0.311. The molecule has 0 bridgehead atoms. The zero-order chi connectivity index (χ0) is 20.3. The molecule has 1 unspecified atom stereocenters. The Hall–Kier alpha value is -2.05. The molecule has 2 aromatic rings. The third-order valence-electron chi connectivity index (χ3n) is 5.50. The molecule has 11 heteroatoms. The van der Waals surface area contributed by atoms with Gasteiger partial charge in [-0.25, -0.2) is 28.8 Å². The lowest BCUT2D eigenvalue weighted by Crippen LogP contribution is -2.47. The monoisotopic (exact) mass is 408 g/mol. The first-order valence-corrected chi connectivity index (χ1v) is 10.6. The van der Waals surface area contributed by atoms with Gasteiger partial charge in [-0.3, -0.25) is 18.8 Å². The largest absolute Gasteiger partial charge is 0.331 e. The van der Waals surface area contributed by atoms with Crippen LogP contribution in [0.15, 0.2) is 32.7 Å². The molecule has 0 amide bonds. The van der Waals surface area contributed by atoms with E-state index in [1.807, 2.05) is 18.9 Å². The van der Waals surface area contributed by atoms with Crippen molar-refractivity contribution < 1.29 is 8.42 Å². The lowest BCUT2D eigenvalue weighted by atomic mass is 10.2. The van der Waals surface area contributed by atoms with Crippen LogP contribution in [-0.2, 0) is 23.6 Å². The van der Waals surface area contributed by atoms with Crippen molar-refractivity contribution in [3.05, 3.63) is 39.0 Å². The zero-order valence-electron chi connectivity index (χ0n) is 16.0. The Bertz CT molecular complexity index is 1160. The van der Waals surface area contributed by atoms with Gasteiger partial charge in [0.25, 0.3) is 5.56 Å². The van der Waals surface area contributed by atoms with E-state index in [4.69, 9.17) is 0 Å². The number of nitrogens with zero attached hydrogens (tertiary/aromatic N) is 3. The Morgan fingerprint density at radius 2 is 1.96 bits per heavy atom. The van der Waals surface area contributed by atoms with Gasteiger partial charge in [0.2, 0.25) is 10.0 Å². The molecule has 2 heterocycles. The number of hydrazine groups is 1. The third-order valence-corrected chi connectivity index (χ3v) is 7.13. The van der Waals surface area contributed by atoms with Crippen LogP contribution < -0.4 is 26.8 Å². The fraction of sp³-hybridized carbons (Fsp3) is 0.529. The molecule has 4 rings (SSSR count). The number of benzene rings is 1. The molecule has 1 aromatic heterocycles. The van der Waals surface area contributed by atoms with Crippen molar-refractivity contribution in [2.75, 3.05) is 13.7 Å². The van der Waals surface area contributed by atoms with E-state index in [-0.39, 0.29) is 23.0 Å². The Kier molecular flexibility index (Phi) is 4.47. The quantitative estimate of drug-likeness (QED) is 0.572. The lowest BCUT2D eigenvalue weighted by Gasteiger charge is -2.19. The second kappa shape index (κ2) is 6.49. The number of hydrogen-bond acceptors (Lipinski definition) is 7. The number of sulfonamides is 1. The van der Waals surface area contributed by atoms with Crippen molar-refractivity contribution in [2.24, 2.45) is 7.05 Å². The highest BCUT2D eigenvalue weighted by atomic mass is 32.2. The zero-order valence-corrected chi connectivity index (χ0v) is 16.8. The molecule has 0 radical (unpaired) electrons. The highest BCUT2D eigenvalue weighted by molar-refractivity contribution is 7.89. The fourth-order valence-corrected chi connectivity index (χ4v) is 4.85. The maximum absolute atomic E-state index is 13.0. The molecule has 2 aliphatic rings. The van der Waals surface area contributed by atoms with Crippen LogP contribution in [0.25, 0.3) is 10.9 Å². The van der Waals surface area contributed by atoms with Crippen LogP contribution in [0, 0.1) is 0 Å². The van der Waals surface area contributed by atoms with Crippen molar-refractivity contribution in [2.45, 2.75) is 42.9 Å². The summed E-state index contributed by atoms with van der Waals surface area (Å²) < 4.78 is 30.6. The van der Waals surface area contributed by atoms with Gasteiger partial charge in [-0.15, -0.1) is 0 Å². The summed E-state index contributed by atoms with van der Waals surface area (Å²) in [5, 5.41) is 0.194. The number of aromatic nitrogens is 2. The van der Waals surface area contributed by atoms with E-state index < -0.39 is 26.8 Å². The number of nitrogens with one attached hydrogen (secondary N) is 3. The number of fused-ring (bicyclic) bond motifs is 1. The molecule has 1 atom stereocenters. The van der Waals surface area contributed by atoms with Crippen molar-refractivity contribution in [1.29, 1.82) is 0 Å². The first kappa shape index (κ1) is 19.3. The molecule has 0 spiro atoms. The minimum Gasteiger partial charge on any atom is -0.296 e. The molecule has 1 aromatic carbocycles. The highest BCUT2D eigenvalue weighted by Gasteiger charge is 2.41. The van der Waals surface area contributed by atoms with Crippen LogP contribution in [-0.4, -0.2) is 47.9 Å². The van der Waals surface area contributed by atoms with Gasteiger partial charge in [-0.2, -0.15) is 0 Å². The Labute approximate surface area is 162 Å². The van der Waals surface area contributed by atoms with Gasteiger partial charge < -0.3 is 0 Å². The molecule has 2 fully saturated rings. The number of aryl methyl sites for hydroxylation is 1. The molecule has 1 saturated carbocycles. The van der Waals surface area contributed by atoms with Crippen molar-refractivity contribution in [3.8, 4) is 0 Å². The van der Waals surface area contributed by atoms with Crippen LogP contribution in [0.4, 0.5) is 0 Å². The van der Waals surface area contributed by atoms with Gasteiger partial charge in [-0.1, -0.05) is 0 Å². The molecule has 3 N–H and O–H groups in total. The minimum atomic E-state index is -3.75. The summed E-state index contributed by atoms with van der Waals surface area (Å²) in [5.41, 5.74) is 4.99. The summed E-state index contributed by atoms with van der Waals surface area (Å²) in [6.45, 7) is 2.57. The van der Waals surface area contributed by atoms with E-state index in [0.717, 1.165) is 17.4 Å². The van der Waals surface area contributed by atoms with Gasteiger partial charge in [0.15, 0.2) is 0 Å². The van der Waals surface area contributed by atoms with Crippen LogP contribution in [0.1, 0.15) is 19.8 Å². The SMILES string of the molecule is CN1CNNC1Cn1c(=O)c2cc(S(=O)(=O)NC3(C)CC3)ccc2n(C)c1=O. The van der Waals surface area contributed by atoms with E-state index in [9.17, 15) is 18.0 Å². The second-order valence-corrected chi connectivity index (χ2v) is 9.54. The first-order valence-electron chi connectivity index (χ1n) is 9.07. The maximum Gasteiger partial charge on any atom is 0.331 e. The average molecular weight is 408 g/mol. The van der Waals surface area contributed by atoms with Crippen molar-refractivity contribution >= 4 is 20.9 Å². The van der Waals surface area contributed by atoms with Crippen LogP contribution in [0.3, 0.4) is 0 Å². The summed E-state index contributed by atoms with van der Waals surface area (Å²) in [6.07, 6.45) is 1.35. The van der Waals surface area contributed by atoms with Crippen molar-refractivity contribution in [1.82, 2.24) is 29.6 Å². The van der Waals surface area contributed by atoms with Crippen LogP contribution in [0.5, 0.6) is 0 Å². The molecule has 1 saturated heterocycles. The lowest BCUT2D eigenvalue weighted by molar-refractivity contribution is 0.259. The second-order valence-electron chi connectivity index (χ2n) is 7.85. The summed E-state index contributed by atoms with van der Waals surface area (Å²) in [6, 6.07) is 4.29. The predicted molar refractivity (Wildman–Crippen MR) is 104 cm³/mol. The maximum atomic E-state index is 13.0. The molecular weight excluding hydrogens is 384 g/mol. The molecule has 10 nitrogen and oxygen atoms in total. The summed E-state index contributed by atoms with van der Waals surface area (Å²) in [4.78, 5) is 27.7. The number of likely N-dealkylation sites (N-methyl/N-ethyl adjacent to an activating group) is 1. The molecule has 152 valence electrons. The number of hydrogen-bond donors (Lipinski definition) is 3. The third kappa shape index (κ3) is 3.29. The first-order chi connectivity index (χ1) is 13.1. The van der Waals surface area contributed by atoms with E-state index >= 15 is 0 Å². The van der Waals surface area contributed by atoms with E-state index in [1.165, 1.54) is 22.8 Å². The van der Waals surface area contributed by atoms with Crippen molar-refractivity contribution in [3.63, 3.8) is 0 Å². The molecule has 1 aliphatic heterocycles. The van der Waals surface area contributed by atoms with Crippen LogP contribution >= 0.6 is 0 Å². The fourth-order valence-electron chi connectivity index (χ4n) is 3.36. The summed E-state index contributed by atoms with van der Waals surface area (Å²) in [5.74, 6) is 0. The van der Waals surface area contributed by atoms with Crippen LogP contribution in [0.2, 0.25) is 0 Å². The average Bonchev–Trinajstić information content (AvgIpc) is 3.22. The predicted octanol–water partition coefficient (Wildman–Crippen LogP) is -1.15.